The summed E-state index contributed by atoms with van der Waals surface area (Å²) in [5.74, 6) is -6.97. The normalized spacial score (nSPS) is 16.7. The van der Waals surface area contributed by atoms with Crippen molar-refractivity contribution < 1.29 is 40.6 Å². The molecule has 9 heteroatoms. The molecule has 3 aromatic rings. The van der Waals surface area contributed by atoms with Gasteiger partial charge in [-0.05, 0) is 79.1 Å². The van der Waals surface area contributed by atoms with Crippen molar-refractivity contribution in [3.8, 4) is 22.6 Å². The Morgan fingerprint density at radius 1 is 0.875 bits per heavy atom. The van der Waals surface area contributed by atoms with E-state index in [0.717, 1.165) is 36.5 Å². The fourth-order valence-electron chi connectivity index (χ4n) is 5.28. The van der Waals surface area contributed by atoms with Gasteiger partial charge in [-0.1, -0.05) is 31.6 Å². The van der Waals surface area contributed by atoms with Crippen molar-refractivity contribution in [3.05, 3.63) is 88.0 Å². The third kappa shape index (κ3) is 5.19. The van der Waals surface area contributed by atoms with Crippen molar-refractivity contribution in [1.29, 1.82) is 0 Å². The summed E-state index contributed by atoms with van der Waals surface area (Å²) in [6.07, 6.45) is 0.811. The number of fused-ring (bicyclic) bond motifs is 3. The van der Waals surface area contributed by atoms with Crippen LogP contribution in [0.1, 0.15) is 55.4 Å². The second kappa shape index (κ2) is 11.2. The minimum atomic E-state index is -4.25. The molecule has 2 aliphatic rings. The Morgan fingerprint density at radius 2 is 1.52 bits per heavy atom. The zero-order valence-electron chi connectivity index (χ0n) is 22.1. The molecule has 0 bridgehead atoms. The molecule has 0 fully saturated rings. The Morgan fingerprint density at radius 3 is 2.12 bits per heavy atom. The lowest BCUT2D eigenvalue weighted by Gasteiger charge is -2.26. The van der Waals surface area contributed by atoms with Gasteiger partial charge in [-0.3, -0.25) is 0 Å². The summed E-state index contributed by atoms with van der Waals surface area (Å²) in [4.78, 5) is 0. The smallest absolute Gasteiger partial charge is 0.429 e. The Balaban J connectivity index is 1.42. The fourth-order valence-corrected chi connectivity index (χ4v) is 5.28. The van der Waals surface area contributed by atoms with Gasteiger partial charge in [0.25, 0.3) is 0 Å². The van der Waals surface area contributed by atoms with Gasteiger partial charge in [0.2, 0.25) is 5.82 Å². The molecule has 0 amide bonds. The van der Waals surface area contributed by atoms with Crippen LogP contribution < -0.4 is 9.47 Å². The first-order valence-corrected chi connectivity index (χ1v) is 13.3. The quantitative estimate of drug-likeness (QED) is 0.258. The Labute approximate surface area is 228 Å². The summed E-state index contributed by atoms with van der Waals surface area (Å²) in [6.45, 7) is 4.15. The van der Waals surface area contributed by atoms with Crippen LogP contribution in [-0.2, 0) is 23.7 Å². The lowest BCUT2D eigenvalue weighted by atomic mass is 9.83. The third-order valence-electron chi connectivity index (χ3n) is 7.25. The molecule has 1 unspecified atom stereocenters. The largest absolute Gasteiger partial charge is 0.491 e. The Kier molecular flexibility index (Phi) is 7.86. The van der Waals surface area contributed by atoms with Gasteiger partial charge in [0, 0.05) is 11.1 Å². The van der Waals surface area contributed by atoms with E-state index in [1.807, 2.05) is 0 Å². The van der Waals surface area contributed by atoms with Crippen LogP contribution >= 0.6 is 0 Å². The van der Waals surface area contributed by atoms with Gasteiger partial charge < -0.3 is 14.2 Å². The molecule has 0 radical (unpaired) electrons. The predicted octanol–water partition coefficient (Wildman–Crippen LogP) is 8.51. The van der Waals surface area contributed by atoms with Gasteiger partial charge in [0.1, 0.15) is 11.3 Å². The number of rotatable bonds is 8. The Bertz CT molecular complexity index is 1450. The number of ether oxygens (including phenoxy) is 3. The van der Waals surface area contributed by atoms with E-state index in [1.54, 1.807) is 19.1 Å². The topological polar surface area (TPSA) is 27.7 Å². The maximum atomic E-state index is 15.3. The number of alkyl halides is 2. The summed E-state index contributed by atoms with van der Waals surface area (Å²) in [6, 6.07) is 7.81. The third-order valence-corrected chi connectivity index (χ3v) is 7.25. The van der Waals surface area contributed by atoms with Gasteiger partial charge in [-0.2, -0.15) is 13.2 Å². The molecule has 5 rings (SSSR count). The Hall–Kier alpha value is -3.46. The van der Waals surface area contributed by atoms with Crippen LogP contribution in [0.3, 0.4) is 0 Å². The van der Waals surface area contributed by atoms with Crippen molar-refractivity contribution in [3.63, 3.8) is 0 Å². The number of halogens is 6. The number of hydrogen-bond acceptors (Lipinski definition) is 3. The average Bonchev–Trinajstić information content (AvgIpc) is 2.94. The second-order valence-corrected chi connectivity index (χ2v) is 9.89. The van der Waals surface area contributed by atoms with Crippen molar-refractivity contribution in [2.45, 2.75) is 58.2 Å². The minimum Gasteiger partial charge on any atom is -0.491 e. The zero-order valence-corrected chi connectivity index (χ0v) is 22.1. The number of hydrogen-bond donors (Lipinski definition) is 0. The van der Waals surface area contributed by atoms with E-state index in [4.69, 9.17) is 14.2 Å². The van der Waals surface area contributed by atoms with Crippen LogP contribution in [0.4, 0.5) is 26.3 Å². The van der Waals surface area contributed by atoms with Crippen LogP contribution in [-0.4, -0.2) is 19.3 Å². The van der Waals surface area contributed by atoms with E-state index in [1.165, 1.54) is 18.2 Å². The molecule has 0 aromatic heterocycles. The highest BCUT2D eigenvalue weighted by atomic mass is 19.3. The number of aryl methyl sites for hydroxylation is 2. The van der Waals surface area contributed by atoms with E-state index in [9.17, 15) is 8.78 Å². The van der Waals surface area contributed by atoms with Crippen LogP contribution in [0.2, 0.25) is 0 Å². The number of benzene rings is 3. The molecule has 212 valence electrons. The van der Waals surface area contributed by atoms with Gasteiger partial charge in [0.05, 0.1) is 19.3 Å². The zero-order chi connectivity index (χ0) is 28.6. The molecule has 0 saturated carbocycles. The molecule has 3 aromatic carbocycles. The summed E-state index contributed by atoms with van der Waals surface area (Å²) < 4.78 is 106. The molecule has 1 heterocycles. The predicted molar refractivity (Wildman–Crippen MR) is 138 cm³/mol. The molecule has 40 heavy (non-hydrogen) atoms. The van der Waals surface area contributed by atoms with E-state index in [-0.39, 0.29) is 48.2 Å². The van der Waals surface area contributed by atoms with Crippen molar-refractivity contribution in [2.24, 2.45) is 0 Å². The highest BCUT2D eigenvalue weighted by molar-refractivity contribution is 5.76. The average molecular weight is 563 g/mol. The van der Waals surface area contributed by atoms with E-state index in [0.29, 0.717) is 6.61 Å². The van der Waals surface area contributed by atoms with Crippen LogP contribution in [0.5, 0.6) is 11.5 Å². The molecule has 0 N–H and O–H groups in total. The summed E-state index contributed by atoms with van der Waals surface area (Å²) in [5.41, 5.74) is -0.578. The first kappa shape index (κ1) is 28.1. The SMILES string of the molecule is CCCC1CC=C(c2ccc(OC(F)(F)c3cc4c(c(F)c3F)-c3c(cc(OCC)c(F)c3F)CC4)cc2)CO1. The van der Waals surface area contributed by atoms with Crippen LogP contribution in [0.15, 0.2) is 42.5 Å². The minimum absolute atomic E-state index is 0.00421. The molecule has 1 atom stereocenters. The maximum absolute atomic E-state index is 15.3. The van der Waals surface area contributed by atoms with Crippen LogP contribution in [0.25, 0.3) is 16.7 Å². The van der Waals surface area contributed by atoms with E-state index < -0.39 is 46.1 Å². The van der Waals surface area contributed by atoms with Crippen molar-refractivity contribution in [2.75, 3.05) is 13.2 Å². The van der Waals surface area contributed by atoms with E-state index in [2.05, 4.69) is 13.0 Å². The first-order chi connectivity index (χ1) is 19.1. The van der Waals surface area contributed by atoms with Gasteiger partial charge in [0.15, 0.2) is 23.2 Å². The molecule has 1 aliphatic carbocycles. The standard InChI is InChI=1S/C31H28F6O3/c1-3-5-21-11-10-20(16-39-21)17-8-12-22(13-9-17)40-31(36,37)23-14-18-6-7-19-15-24(38-4-2)28(33)30(35)26(19)25(18)29(34)27(23)32/h8-10,12-15,21H,3-7,11,16H2,1-2H3. The summed E-state index contributed by atoms with van der Waals surface area (Å²) in [7, 11) is 0. The molecule has 3 nitrogen and oxygen atoms in total. The second-order valence-electron chi connectivity index (χ2n) is 9.89. The van der Waals surface area contributed by atoms with E-state index >= 15 is 17.6 Å². The molecular weight excluding hydrogens is 534 g/mol. The molecule has 1 aliphatic heterocycles. The van der Waals surface area contributed by atoms with Gasteiger partial charge >= 0.3 is 6.11 Å². The monoisotopic (exact) mass is 562 g/mol. The van der Waals surface area contributed by atoms with Crippen LogP contribution in [0, 0.1) is 23.3 Å². The lowest BCUT2D eigenvalue weighted by Crippen LogP contribution is -2.25. The van der Waals surface area contributed by atoms with Gasteiger partial charge in [-0.25, -0.2) is 13.2 Å². The summed E-state index contributed by atoms with van der Waals surface area (Å²) in [5, 5.41) is 0. The highest BCUT2D eigenvalue weighted by Crippen LogP contribution is 2.44. The molecule has 0 spiro atoms. The highest BCUT2D eigenvalue weighted by Gasteiger charge is 2.41. The lowest BCUT2D eigenvalue weighted by molar-refractivity contribution is -0.187. The van der Waals surface area contributed by atoms with Gasteiger partial charge in [-0.15, -0.1) is 0 Å². The van der Waals surface area contributed by atoms with Crippen molar-refractivity contribution in [1.82, 2.24) is 0 Å². The fraction of sp³-hybridized carbons (Fsp3) is 0.355. The summed E-state index contributed by atoms with van der Waals surface area (Å²) >= 11 is 0. The molecule has 0 saturated heterocycles. The van der Waals surface area contributed by atoms with Crippen molar-refractivity contribution >= 4 is 5.57 Å². The maximum Gasteiger partial charge on any atom is 0.429 e. The molecular formula is C31H28F6O3. The first-order valence-electron chi connectivity index (χ1n) is 13.3.